The Morgan fingerprint density at radius 2 is 1.85 bits per heavy atom. The van der Waals surface area contributed by atoms with E-state index in [1.165, 1.54) is 4.90 Å². The van der Waals surface area contributed by atoms with E-state index in [1.807, 2.05) is 17.0 Å². The van der Waals surface area contributed by atoms with Crippen molar-refractivity contribution in [3.8, 4) is 5.75 Å². The van der Waals surface area contributed by atoms with E-state index in [2.05, 4.69) is 0 Å². The molecule has 0 aromatic heterocycles. The molecule has 40 heavy (non-hydrogen) atoms. The zero-order chi connectivity index (χ0) is 28.8. The van der Waals surface area contributed by atoms with Gasteiger partial charge in [0.1, 0.15) is 11.9 Å². The van der Waals surface area contributed by atoms with Gasteiger partial charge in [0.25, 0.3) is 0 Å². The molecule has 2 aromatic rings. The summed E-state index contributed by atoms with van der Waals surface area (Å²) in [6, 6.07) is 6.09. The van der Waals surface area contributed by atoms with Crippen molar-refractivity contribution in [2.75, 3.05) is 27.2 Å². The molecule has 6 rings (SSSR count). The first-order valence-corrected chi connectivity index (χ1v) is 13.3. The molecular weight excluding hydrogens is 521 g/mol. The van der Waals surface area contributed by atoms with Crippen molar-refractivity contribution in [3.05, 3.63) is 41.0 Å². The number of ketones is 4. The summed E-state index contributed by atoms with van der Waals surface area (Å²) in [7, 11) is 3.09. The van der Waals surface area contributed by atoms with Crippen LogP contribution in [0.1, 0.15) is 27.9 Å². The van der Waals surface area contributed by atoms with Crippen molar-refractivity contribution >= 4 is 39.8 Å². The summed E-state index contributed by atoms with van der Waals surface area (Å²) < 4.78 is 13.3. The number of hydrogen-bond acceptors (Lipinski definition) is 9. The van der Waals surface area contributed by atoms with Gasteiger partial charge in [-0.2, -0.15) is 0 Å². The van der Waals surface area contributed by atoms with E-state index in [4.69, 9.17) is 5.73 Å². The Kier molecular flexibility index (Phi) is 5.99. The third-order valence-corrected chi connectivity index (χ3v) is 9.25. The summed E-state index contributed by atoms with van der Waals surface area (Å²) in [6.07, 6.45) is -0.634. The molecule has 10 nitrogen and oxygen atoms in total. The molecule has 1 amide bonds. The Balaban J connectivity index is 1.42. The number of nitrogens with zero attached hydrogens (tertiary/aromatic N) is 2. The van der Waals surface area contributed by atoms with E-state index in [0.717, 1.165) is 5.56 Å². The fourth-order valence-electron chi connectivity index (χ4n) is 7.41. The molecule has 0 radical (unpaired) electrons. The maximum Gasteiger partial charge on any atom is 0.235 e. The zero-order valence-corrected chi connectivity index (χ0v) is 22.1. The summed E-state index contributed by atoms with van der Waals surface area (Å²) >= 11 is 0. The summed E-state index contributed by atoms with van der Waals surface area (Å²) in [5.41, 5.74) is 3.93. The minimum absolute atomic E-state index is 0.00698. The lowest BCUT2D eigenvalue weighted by atomic mass is 9.52. The molecule has 4 N–H and O–H groups in total. The molecule has 1 heterocycles. The van der Waals surface area contributed by atoms with Gasteiger partial charge in [-0.05, 0) is 55.4 Å². The second kappa shape index (κ2) is 8.98. The Morgan fingerprint density at radius 3 is 2.48 bits per heavy atom. The molecule has 210 valence electrons. The number of phenols is 1. The number of rotatable bonds is 4. The highest BCUT2D eigenvalue weighted by atomic mass is 19.1. The average molecular weight is 552 g/mol. The van der Waals surface area contributed by atoms with Crippen LogP contribution in [0.15, 0.2) is 24.3 Å². The van der Waals surface area contributed by atoms with E-state index < -0.39 is 70.5 Å². The van der Waals surface area contributed by atoms with Crippen LogP contribution in [0.25, 0.3) is 10.8 Å². The Hall–Kier alpha value is -3.54. The number of primary amides is 1. The van der Waals surface area contributed by atoms with Crippen molar-refractivity contribution in [1.29, 1.82) is 0 Å². The van der Waals surface area contributed by atoms with Crippen molar-refractivity contribution in [2.45, 2.75) is 37.2 Å². The molecule has 2 saturated carbocycles. The fraction of sp³-hybridized carbons (Fsp3) is 0.483. The number of carbonyl (C=O) groups is 5. The number of carbonyl (C=O) groups excluding carboxylic acids is 5. The van der Waals surface area contributed by atoms with Crippen LogP contribution in [0, 0.1) is 23.7 Å². The Labute approximate surface area is 228 Å². The number of alkyl halides is 1. The summed E-state index contributed by atoms with van der Waals surface area (Å²) in [4.78, 5) is 69.8. The van der Waals surface area contributed by atoms with Crippen LogP contribution in [-0.2, 0) is 32.1 Å². The third kappa shape index (κ3) is 3.60. The maximum absolute atomic E-state index is 13.9. The van der Waals surface area contributed by atoms with Crippen LogP contribution in [0.5, 0.6) is 5.75 Å². The van der Waals surface area contributed by atoms with Gasteiger partial charge in [0.15, 0.2) is 34.7 Å². The minimum Gasteiger partial charge on any atom is -0.507 e. The number of aromatic hydroxyl groups is 1. The van der Waals surface area contributed by atoms with Crippen LogP contribution < -0.4 is 5.73 Å². The van der Waals surface area contributed by atoms with E-state index in [9.17, 15) is 38.6 Å². The van der Waals surface area contributed by atoms with E-state index in [1.54, 1.807) is 26.2 Å². The maximum atomic E-state index is 13.9. The number of benzene rings is 2. The first-order chi connectivity index (χ1) is 18.8. The second-order valence-corrected chi connectivity index (χ2v) is 11.9. The summed E-state index contributed by atoms with van der Waals surface area (Å²) in [5.74, 6) is -10.6. The van der Waals surface area contributed by atoms with Gasteiger partial charge < -0.3 is 15.9 Å². The molecular formula is C29H30FN3O7. The lowest BCUT2D eigenvalue weighted by molar-refractivity contribution is -0.181. The van der Waals surface area contributed by atoms with Gasteiger partial charge >= 0.3 is 0 Å². The first-order valence-electron chi connectivity index (χ1n) is 13.3. The number of halogens is 1. The summed E-state index contributed by atoms with van der Waals surface area (Å²) in [6.45, 7) is 1.14. The van der Waals surface area contributed by atoms with Crippen LogP contribution in [0.4, 0.5) is 4.39 Å². The van der Waals surface area contributed by atoms with E-state index >= 15 is 0 Å². The molecule has 0 bridgehead atoms. The van der Waals surface area contributed by atoms with Gasteiger partial charge in [-0.25, -0.2) is 4.39 Å². The van der Waals surface area contributed by atoms with E-state index in [-0.39, 0.29) is 24.2 Å². The summed E-state index contributed by atoms with van der Waals surface area (Å²) in [5, 5.41) is 24.0. The highest BCUT2D eigenvalue weighted by Gasteiger charge is 2.69. The largest absolute Gasteiger partial charge is 0.507 e. The quantitative estimate of drug-likeness (QED) is 0.451. The van der Waals surface area contributed by atoms with Crippen molar-refractivity contribution in [1.82, 2.24) is 9.80 Å². The standard InChI is InChI=1S/C29H30FN3O7/c1-32(2)22-18-8-15-7-14-6-13-4-3-12(9-33-10-16(30)11-33)5-17(13)23(34)19(14)24(35)20(15)26(37)29(18,40)27(38)21(25(22)36)28(31)39/h3-6,15-16,18,20-22,34,40H,7-11H2,1-2H3,(H2,31,39)/t15-,18-,20?,21?,22-,29-/m0/s1. The van der Waals surface area contributed by atoms with Gasteiger partial charge in [0.2, 0.25) is 5.91 Å². The molecule has 0 spiro atoms. The van der Waals surface area contributed by atoms with Gasteiger partial charge in [0.05, 0.1) is 17.5 Å². The van der Waals surface area contributed by atoms with Gasteiger partial charge in [-0.15, -0.1) is 0 Å². The monoisotopic (exact) mass is 551 g/mol. The fourth-order valence-corrected chi connectivity index (χ4v) is 7.41. The smallest absolute Gasteiger partial charge is 0.235 e. The third-order valence-electron chi connectivity index (χ3n) is 9.25. The van der Waals surface area contributed by atoms with Gasteiger partial charge in [0, 0.05) is 30.9 Å². The van der Waals surface area contributed by atoms with Crippen LogP contribution in [0.2, 0.25) is 0 Å². The van der Waals surface area contributed by atoms with E-state index in [0.29, 0.717) is 36.0 Å². The van der Waals surface area contributed by atoms with Gasteiger partial charge in [-0.3, -0.25) is 33.8 Å². The number of hydrogen-bond donors (Lipinski definition) is 3. The first kappa shape index (κ1) is 26.7. The lowest BCUT2D eigenvalue weighted by Gasteiger charge is -2.52. The second-order valence-electron chi connectivity index (χ2n) is 11.9. The molecule has 1 saturated heterocycles. The van der Waals surface area contributed by atoms with Crippen LogP contribution >= 0.6 is 0 Å². The number of nitrogens with two attached hydrogens (primary N) is 1. The average Bonchev–Trinajstić information content (AvgIpc) is 2.85. The lowest BCUT2D eigenvalue weighted by Crippen LogP contribution is -2.74. The molecule has 3 aliphatic carbocycles. The number of amides is 1. The van der Waals surface area contributed by atoms with Crippen LogP contribution in [-0.4, -0.2) is 94.1 Å². The number of aliphatic hydroxyl groups is 1. The van der Waals surface area contributed by atoms with Crippen molar-refractivity contribution in [3.63, 3.8) is 0 Å². The Bertz CT molecular complexity index is 1520. The van der Waals surface area contributed by atoms with Crippen LogP contribution in [0.3, 0.4) is 0 Å². The van der Waals surface area contributed by atoms with Crippen molar-refractivity contribution in [2.24, 2.45) is 29.4 Å². The zero-order valence-electron chi connectivity index (χ0n) is 22.1. The topological polar surface area (TPSA) is 158 Å². The normalized spacial score (nSPS) is 32.6. The molecule has 1 aliphatic heterocycles. The highest BCUT2D eigenvalue weighted by Crippen LogP contribution is 2.51. The van der Waals surface area contributed by atoms with Gasteiger partial charge in [-0.1, -0.05) is 18.2 Å². The SMILES string of the molecule is CN(C)[C@@H]1C(=O)C(C(N)=O)C(=O)[C@@]2(O)C(=O)C3C(=O)c4c(cc5ccc(CN6CC(F)C6)cc5c4O)C[C@H]3C[C@@H]12. The minimum atomic E-state index is -2.75. The Morgan fingerprint density at radius 1 is 1.15 bits per heavy atom. The molecule has 2 aromatic carbocycles. The number of fused-ring (bicyclic) bond motifs is 4. The number of likely N-dealkylation sites (tertiary alicyclic amines) is 1. The number of Topliss-reactive ketones (excluding diaryl/α,β-unsaturated/α-hetero) is 4. The molecule has 4 aliphatic rings. The van der Waals surface area contributed by atoms with Crippen molar-refractivity contribution < 1.29 is 38.6 Å². The molecule has 2 unspecified atom stereocenters. The molecule has 11 heteroatoms. The highest BCUT2D eigenvalue weighted by molar-refractivity contribution is 6.32. The number of likely N-dealkylation sites (N-methyl/N-ethyl adjacent to an activating group) is 1. The molecule has 3 fully saturated rings. The molecule has 6 atom stereocenters. The number of phenolic OH excluding ortho intramolecular Hbond substituents is 1. The predicted molar refractivity (Wildman–Crippen MR) is 139 cm³/mol. The predicted octanol–water partition coefficient (Wildman–Crippen LogP) is 0.174.